The SMILES string of the molecule is COc1ccc(C(=O)N2CCN(c3ccc(NC(=O)CSc4nc(C)cc(C)n4)cc3)CC2)cc1. The Labute approximate surface area is 209 Å². The topological polar surface area (TPSA) is 87.7 Å². The Bertz CT molecular complexity index is 1160. The van der Waals surface area contributed by atoms with Gasteiger partial charge in [0.25, 0.3) is 5.91 Å². The van der Waals surface area contributed by atoms with Crippen molar-refractivity contribution in [3.63, 3.8) is 0 Å². The highest BCUT2D eigenvalue weighted by atomic mass is 32.2. The van der Waals surface area contributed by atoms with Gasteiger partial charge in [-0.15, -0.1) is 0 Å². The van der Waals surface area contributed by atoms with E-state index < -0.39 is 0 Å². The zero-order valence-corrected chi connectivity index (χ0v) is 21.0. The van der Waals surface area contributed by atoms with Gasteiger partial charge in [0, 0.05) is 54.5 Å². The number of methoxy groups -OCH3 is 1. The fourth-order valence-corrected chi connectivity index (χ4v) is 4.67. The van der Waals surface area contributed by atoms with Crippen LogP contribution >= 0.6 is 11.8 Å². The number of nitrogens with one attached hydrogen (secondary N) is 1. The Morgan fingerprint density at radius 3 is 2.17 bits per heavy atom. The molecule has 0 saturated carbocycles. The van der Waals surface area contributed by atoms with Crippen molar-refractivity contribution < 1.29 is 14.3 Å². The summed E-state index contributed by atoms with van der Waals surface area (Å²) in [6.07, 6.45) is 0. The third-order valence-corrected chi connectivity index (χ3v) is 6.56. The molecule has 2 amide bonds. The van der Waals surface area contributed by atoms with E-state index in [1.165, 1.54) is 11.8 Å². The van der Waals surface area contributed by atoms with Crippen LogP contribution in [0, 0.1) is 13.8 Å². The Morgan fingerprint density at radius 1 is 0.943 bits per heavy atom. The second kappa shape index (κ2) is 11.2. The van der Waals surface area contributed by atoms with Crippen LogP contribution < -0.4 is 15.0 Å². The Morgan fingerprint density at radius 2 is 1.57 bits per heavy atom. The van der Waals surface area contributed by atoms with E-state index >= 15 is 0 Å². The smallest absolute Gasteiger partial charge is 0.253 e. The molecule has 1 N–H and O–H groups in total. The molecular weight excluding hydrogens is 462 g/mol. The van der Waals surface area contributed by atoms with Crippen LogP contribution in [0.25, 0.3) is 0 Å². The van der Waals surface area contributed by atoms with Crippen LogP contribution in [0.15, 0.2) is 59.8 Å². The van der Waals surface area contributed by atoms with Crippen molar-refractivity contribution in [1.29, 1.82) is 0 Å². The Kier molecular flexibility index (Phi) is 7.87. The molecule has 2 heterocycles. The van der Waals surface area contributed by atoms with Gasteiger partial charge >= 0.3 is 0 Å². The summed E-state index contributed by atoms with van der Waals surface area (Å²) < 4.78 is 5.16. The first kappa shape index (κ1) is 24.5. The maximum absolute atomic E-state index is 12.8. The van der Waals surface area contributed by atoms with Gasteiger partial charge in [0.1, 0.15) is 5.75 Å². The lowest BCUT2D eigenvalue weighted by molar-refractivity contribution is -0.113. The van der Waals surface area contributed by atoms with Gasteiger partial charge in [-0.05, 0) is 68.4 Å². The molecule has 0 radical (unpaired) electrons. The summed E-state index contributed by atoms with van der Waals surface area (Å²) in [6, 6.07) is 16.9. The van der Waals surface area contributed by atoms with Crippen LogP contribution in [0.3, 0.4) is 0 Å². The normalized spacial score (nSPS) is 13.5. The molecular formula is C26H29N5O3S. The molecule has 182 valence electrons. The molecule has 1 aliphatic heterocycles. The number of amides is 2. The lowest BCUT2D eigenvalue weighted by atomic mass is 10.1. The first-order valence-corrected chi connectivity index (χ1v) is 12.4. The lowest BCUT2D eigenvalue weighted by Crippen LogP contribution is -2.48. The van der Waals surface area contributed by atoms with Gasteiger partial charge < -0.3 is 19.9 Å². The minimum atomic E-state index is -0.101. The number of benzene rings is 2. The number of rotatable bonds is 7. The van der Waals surface area contributed by atoms with E-state index in [0.29, 0.717) is 23.8 Å². The fourth-order valence-electron chi connectivity index (χ4n) is 3.92. The molecule has 0 unspecified atom stereocenters. The van der Waals surface area contributed by atoms with Crippen molar-refractivity contribution in [3.05, 3.63) is 71.5 Å². The molecule has 0 aliphatic carbocycles. The molecule has 1 fully saturated rings. The van der Waals surface area contributed by atoms with Crippen LogP contribution in [-0.2, 0) is 4.79 Å². The lowest BCUT2D eigenvalue weighted by Gasteiger charge is -2.36. The first-order chi connectivity index (χ1) is 16.9. The Balaban J connectivity index is 1.25. The quantitative estimate of drug-likeness (QED) is 0.397. The molecule has 4 rings (SSSR count). The number of carbonyl (C=O) groups is 2. The predicted octanol–water partition coefficient (Wildman–Crippen LogP) is 3.80. The van der Waals surface area contributed by atoms with Crippen molar-refractivity contribution in [3.8, 4) is 5.75 Å². The standard InChI is InChI=1S/C26H29N5O3S/c1-18-16-19(2)28-26(27-18)35-17-24(32)29-21-6-8-22(9-7-21)30-12-14-31(15-13-30)25(33)20-4-10-23(34-3)11-5-20/h4-11,16H,12-15,17H2,1-3H3,(H,29,32). The number of nitrogens with zero attached hydrogens (tertiary/aromatic N) is 4. The molecule has 9 heteroatoms. The number of piperazine rings is 1. The number of anilines is 2. The Hall–Kier alpha value is -3.59. The van der Waals surface area contributed by atoms with Gasteiger partial charge in [-0.25, -0.2) is 9.97 Å². The van der Waals surface area contributed by atoms with Gasteiger partial charge in [-0.1, -0.05) is 11.8 Å². The minimum absolute atomic E-state index is 0.0365. The average Bonchev–Trinajstić information content (AvgIpc) is 2.87. The average molecular weight is 492 g/mol. The fraction of sp³-hybridized carbons (Fsp3) is 0.308. The second-order valence-corrected chi connectivity index (χ2v) is 9.27. The molecule has 0 bridgehead atoms. The summed E-state index contributed by atoms with van der Waals surface area (Å²) in [4.78, 5) is 38.0. The van der Waals surface area contributed by atoms with E-state index in [1.807, 2.05) is 49.1 Å². The summed E-state index contributed by atoms with van der Waals surface area (Å²) in [5.41, 5.74) is 4.26. The summed E-state index contributed by atoms with van der Waals surface area (Å²) in [6.45, 7) is 6.64. The van der Waals surface area contributed by atoms with Gasteiger partial charge in [-0.2, -0.15) is 0 Å². The molecule has 2 aromatic carbocycles. The van der Waals surface area contributed by atoms with E-state index in [1.54, 1.807) is 31.4 Å². The van der Waals surface area contributed by atoms with Crippen LogP contribution in [0.1, 0.15) is 21.7 Å². The molecule has 1 aliphatic rings. The molecule has 35 heavy (non-hydrogen) atoms. The number of carbonyl (C=O) groups excluding carboxylic acids is 2. The third kappa shape index (κ3) is 6.51. The van der Waals surface area contributed by atoms with Crippen molar-refractivity contribution in [1.82, 2.24) is 14.9 Å². The number of aromatic nitrogens is 2. The van der Waals surface area contributed by atoms with E-state index in [2.05, 4.69) is 20.2 Å². The van der Waals surface area contributed by atoms with Crippen molar-refractivity contribution in [2.24, 2.45) is 0 Å². The molecule has 3 aromatic rings. The van der Waals surface area contributed by atoms with E-state index in [9.17, 15) is 9.59 Å². The highest BCUT2D eigenvalue weighted by Crippen LogP contribution is 2.21. The predicted molar refractivity (Wildman–Crippen MR) is 138 cm³/mol. The van der Waals surface area contributed by atoms with E-state index in [4.69, 9.17) is 4.74 Å². The van der Waals surface area contributed by atoms with Crippen LogP contribution in [0.2, 0.25) is 0 Å². The van der Waals surface area contributed by atoms with Gasteiger partial charge in [0.2, 0.25) is 5.91 Å². The maximum Gasteiger partial charge on any atom is 0.253 e. The largest absolute Gasteiger partial charge is 0.497 e. The molecule has 0 atom stereocenters. The molecule has 1 saturated heterocycles. The summed E-state index contributed by atoms with van der Waals surface area (Å²) in [5, 5.41) is 3.53. The number of hydrogen-bond acceptors (Lipinski definition) is 7. The highest BCUT2D eigenvalue weighted by molar-refractivity contribution is 7.99. The van der Waals surface area contributed by atoms with Gasteiger partial charge in [-0.3, -0.25) is 9.59 Å². The van der Waals surface area contributed by atoms with Gasteiger partial charge in [0.15, 0.2) is 5.16 Å². The van der Waals surface area contributed by atoms with Crippen LogP contribution in [0.4, 0.5) is 11.4 Å². The van der Waals surface area contributed by atoms with Gasteiger partial charge in [0.05, 0.1) is 12.9 Å². The molecule has 8 nitrogen and oxygen atoms in total. The number of hydrogen-bond donors (Lipinski definition) is 1. The summed E-state index contributed by atoms with van der Waals surface area (Å²) >= 11 is 1.32. The highest BCUT2D eigenvalue weighted by Gasteiger charge is 2.22. The van der Waals surface area contributed by atoms with Crippen molar-refractivity contribution in [2.45, 2.75) is 19.0 Å². The zero-order valence-electron chi connectivity index (χ0n) is 20.2. The van der Waals surface area contributed by atoms with Crippen molar-refractivity contribution >= 4 is 35.0 Å². The van der Waals surface area contributed by atoms with Crippen LogP contribution in [-0.4, -0.2) is 65.7 Å². The maximum atomic E-state index is 12.8. The molecule has 0 spiro atoms. The zero-order chi connectivity index (χ0) is 24.8. The monoisotopic (exact) mass is 491 g/mol. The second-order valence-electron chi connectivity index (χ2n) is 8.32. The minimum Gasteiger partial charge on any atom is -0.497 e. The summed E-state index contributed by atoms with van der Waals surface area (Å²) in [5.74, 6) is 0.917. The number of ether oxygens (including phenoxy) is 1. The van der Waals surface area contributed by atoms with E-state index in [0.717, 1.165) is 41.6 Å². The number of thioether (sulfide) groups is 1. The third-order valence-electron chi connectivity index (χ3n) is 5.71. The van der Waals surface area contributed by atoms with E-state index in [-0.39, 0.29) is 17.6 Å². The molecule has 1 aromatic heterocycles. The first-order valence-electron chi connectivity index (χ1n) is 11.4. The summed E-state index contributed by atoms with van der Waals surface area (Å²) in [7, 11) is 1.61. The van der Waals surface area contributed by atoms with Crippen molar-refractivity contribution in [2.75, 3.05) is 49.3 Å². The van der Waals surface area contributed by atoms with Crippen LogP contribution in [0.5, 0.6) is 5.75 Å². The number of aryl methyl sites for hydroxylation is 2.